The third kappa shape index (κ3) is 6.07. The second-order valence-electron chi connectivity index (χ2n) is 3.96. The van der Waals surface area contributed by atoms with E-state index in [2.05, 4.69) is 17.6 Å². The maximum absolute atomic E-state index is 4.34. The fourth-order valence-corrected chi connectivity index (χ4v) is 1.74. The first-order valence-corrected chi connectivity index (χ1v) is 6.51. The van der Waals surface area contributed by atoms with Crippen molar-refractivity contribution in [2.75, 3.05) is 0 Å². The molecule has 0 N–H and O–H groups in total. The Labute approximate surface area is 136 Å². The van der Waals surface area contributed by atoms with Gasteiger partial charge in [0, 0.05) is 4.90 Å². The van der Waals surface area contributed by atoms with Crippen LogP contribution in [0.5, 0.6) is 0 Å². The monoisotopic (exact) mass is 321 g/mol. The van der Waals surface area contributed by atoms with E-state index in [4.69, 9.17) is 0 Å². The van der Waals surface area contributed by atoms with Gasteiger partial charge in [0.25, 0.3) is 0 Å². The maximum atomic E-state index is 4.34. The van der Waals surface area contributed by atoms with Gasteiger partial charge in [-0.15, -0.1) is 18.2 Å². The molecule has 0 unspecified atom stereocenters. The fraction of sp³-hybridized carbons (Fsp3) is 0. The van der Waals surface area contributed by atoms with Gasteiger partial charge in [-0.2, -0.15) is 30.3 Å². The Morgan fingerprint density at radius 1 is 1.00 bits per heavy atom. The second kappa shape index (κ2) is 9.38. The minimum Gasteiger partial charge on any atom is -0.269 e. The van der Waals surface area contributed by atoms with Crippen LogP contribution in [0.4, 0.5) is 5.69 Å². The van der Waals surface area contributed by atoms with Crippen LogP contribution in [0.25, 0.3) is 0 Å². The van der Waals surface area contributed by atoms with E-state index in [9.17, 15) is 0 Å². The number of rotatable bonds is 2. The quantitative estimate of drug-likeness (QED) is 0.300. The SMILES string of the molecule is Sc1cccc(N=C[c-]2cccc2)c1.[Fe+2].c1cc[cH-]c1. The normalized spacial score (nSPS) is 9.65. The summed E-state index contributed by atoms with van der Waals surface area (Å²) in [6.07, 6.45) is 1.85. The van der Waals surface area contributed by atoms with Crippen LogP contribution in [0.2, 0.25) is 0 Å². The minimum absolute atomic E-state index is 0. The van der Waals surface area contributed by atoms with Crippen molar-refractivity contribution in [3.63, 3.8) is 0 Å². The first-order valence-electron chi connectivity index (χ1n) is 6.06. The summed E-state index contributed by atoms with van der Waals surface area (Å²) in [5, 5.41) is 0. The van der Waals surface area contributed by atoms with Gasteiger partial charge in [0.2, 0.25) is 0 Å². The molecule has 0 heterocycles. The third-order valence-corrected chi connectivity index (χ3v) is 2.71. The predicted octanol–water partition coefficient (Wildman–Crippen LogP) is 4.85. The Morgan fingerprint density at radius 3 is 2.25 bits per heavy atom. The van der Waals surface area contributed by atoms with Crippen molar-refractivity contribution in [2.45, 2.75) is 4.90 Å². The molecule has 0 spiro atoms. The van der Waals surface area contributed by atoms with Gasteiger partial charge in [-0.3, -0.25) is 4.99 Å². The van der Waals surface area contributed by atoms with Crippen LogP contribution in [0.15, 0.2) is 88.8 Å². The summed E-state index contributed by atoms with van der Waals surface area (Å²) in [7, 11) is 0. The number of benzene rings is 1. The van der Waals surface area contributed by atoms with E-state index in [1.54, 1.807) is 0 Å². The maximum Gasteiger partial charge on any atom is 2.00 e. The van der Waals surface area contributed by atoms with Gasteiger partial charge in [0.05, 0.1) is 5.69 Å². The van der Waals surface area contributed by atoms with E-state index in [0.717, 1.165) is 16.1 Å². The van der Waals surface area contributed by atoms with Crippen LogP contribution < -0.4 is 0 Å². The molecule has 0 aromatic heterocycles. The van der Waals surface area contributed by atoms with E-state index >= 15 is 0 Å². The summed E-state index contributed by atoms with van der Waals surface area (Å²) < 4.78 is 0. The molecule has 3 rings (SSSR count). The molecule has 0 saturated heterocycles. The number of thiol groups is 1. The Bertz CT molecular complexity index is 581. The average Bonchev–Trinajstić information content (AvgIpc) is 3.12. The van der Waals surface area contributed by atoms with Crippen molar-refractivity contribution in [1.29, 1.82) is 0 Å². The Balaban J connectivity index is 0.000000283. The van der Waals surface area contributed by atoms with Crippen molar-refractivity contribution >= 4 is 24.5 Å². The van der Waals surface area contributed by atoms with Crippen molar-refractivity contribution in [3.05, 3.63) is 84.4 Å². The summed E-state index contributed by atoms with van der Waals surface area (Å²) in [5.41, 5.74) is 2.05. The fourth-order valence-electron chi connectivity index (χ4n) is 1.52. The van der Waals surface area contributed by atoms with Crippen LogP contribution >= 0.6 is 12.6 Å². The van der Waals surface area contributed by atoms with E-state index in [0.29, 0.717) is 0 Å². The van der Waals surface area contributed by atoms with Gasteiger partial charge in [-0.05, 0) is 24.4 Å². The minimum atomic E-state index is 0. The van der Waals surface area contributed by atoms with Crippen LogP contribution in [0.1, 0.15) is 5.56 Å². The number of hydrogen-bond donors (Lipinski definition) is 1. The molecule has 3 aromatic carbocycles. The topological polar surface area (TPSA) is 12.4 Å². The van der Waals surface area contributed by atoms with E-state index in [1.165, 1.54) is 0 Å². The standard InChI is InChI=1S/C12H10NS.C5H5.Fe/c14-12-7-3-6-11(8-12)13-9-10-4-1-2-5-10;1-2-4-5-3-1;/h1-9,14H;1-5H;/q2*-1;+2. The first-order chi connectivity index (χ1) is 9.34. The summed E-state index contributed by atoms with van der Waals surface area (Å²) in [6.45, 7) is 0. The molecule has 3 heteroatoms. The molecular formula is C17H15FeNS. The molecule has 0 atom stereocenters. The molecule has 102 valence electrons. The molecule has 0 fully saturated rings. The van der Waals surface area contributed by atoms with Gasteiger partial charge < -0.3 is 0 Å². The summed E-state index contributed by atoms with van der Waals surface area (Å²) >= 11 is 4.25. The summed E-state index contributed by atoms with van der Waals surface area (Å²) in [6, 6.07) is 25.8. The summed E-state index contributed by atoms with van der Waals surface area (Å²) in [4.78, 5) is 5.27. The molecule has 3 aromatic rings. The number of aliphatic imine (C=N–C) groups is 1. The molecule has 0 saturated carbocycles. The molecule has 0 aliphatic carbocycles. The van der Waals surface area contributed by atoms with Gasteiger partial charge in [0.1, 0.15) is 0 Å². The van der Waals surface area contributed by atoms with Gasteiger partial charge in [0.15, 0.2) is 0 Å². The molecule has 0 aliphatic rings. The van der Waals surface area contributed by atoms with Crippen LogP contribution in [0, 0.1) is 0 Å². The van der Waals surface area contributed by atoms with Crippen molar-refractivity contribution in [3.8, 4) is 0 Å². The molecular weight excluding hydrogens is 306 g/mol. The van der Waals surface area contributed by atoms with Gasteiger partial charge >= 0.3 is 17.1 Å². The van der Waals surface area contributed by atoms with E-state index < -0.39 is 0 Å². The van der Waals surface area contributed by atoms with Gasteiger partial charge in [-0.25, -0.2) is 24.3 Å². The molecule has 0 aliphatic heterocycles. The largest absolute Gasteiger partial charge is 2.00 e. The number of nitrogens with zero attached hydrogens (tertiary/aromatic N) is 1. The zero-order chi connectivity index (χ0) is 13.3. The van der Waals surface area contributed by atoms with E-state index in [-0.39, 0.29) is 17.1 Å². The Morgan fingerprint density at radius 2 is 1.70 bits per heavy atom. The van der Waals surface area contributed by atoms with Crippen LogP contribution in [-0.2, 0) is 17.1 Å². The molecule has 1 nitrogen and oxygen atoms in total. The number of hydrogen-bond acceptors (Lipinski definition) is 2. The predicted molar refractivity (Wildman–Crippen MR) is 85.0 cm³/mol. The smallest absolute Gasteiger partial charge is 0.269 e. The van der Waals surface area contributed by atoms with Crippen LogP contribution in [0.3, 0.4) is 0 Å². The zero-order valence-electron chi connectivity index (χ0n) is 10.8. The molecule has 0 radical (unpaired) electrons. The molecule has 0 bridgehead atoms. The van der Waals surface area contributed by atoms with Crippen LogP contribution in [-0.4, -0.2) is 6.21 Å². The Hall–Kier alpha value is -1.54. The van der Waals surface area contributed by atoms with Crippen molar-refractivity contribution in [1.82, 2.24) is 0 Å². The summed E-state index contributed by atoms with van der Waals surface area (Å²) in [5.74, 6) is 0. The molecule has 0 amide bonds. The average molecular weight is 321 g/mol. The second-order valence-corrected chi connectivity index (χ2v) is 4.47. The van der Waals surface area contributed by atoms with Crippen molar-refractivity contribution in [2.24, 2.45) is 4.99 Å². The van der Waals surface area contributed by atoms with Crippen molar-refractivity contribution < 1.29 is 17.1 Å². The van der Waals surface area contributed by atoms with E-state index in [1.807, 2.05) is 85.1 Å². The Kier molecular flexibility index (Phi) is 7.74. The first kappa shape index (κ1) is 16.5. The molecule has 20 heavy (non-hydrogen) atoms. The van der Waals surface area contributed by atoms with Gasteiger partial charge in [-0.1, -0.05) is 6.07 Å². The zero-order valence-corrected chi connectivity index (χ0v) is 12.8. The third-order valence-electron chi connectivity index (χ3n) is 2.44.